The molecule has 136 valence electrons. The minimum absolute atomic E-state index is 0.0181. The number of hydrogen-bond acceptors (Lipinski definition) is 4. The van der Waals surface area contributed by atoms with Crippen molar-refractivity contribution in [1.29, 1.82) is 0 Å². The van der Waals surface area contributed by atoms with Crippen molar-refractivity contribution in [1.82, 2.24) is 0 Å². The van der Waals surface area contributed by atoms with E-state index in [0.717, 1.165) is 37.7 Å². The van der Waals surface area contributed by atoms with Gasteiger partial charge in [0.2, 0.25) is 5.12 Å². The van der Waals surface area contributed by atoms with Gasteiger partial charge in [-0.1, -0.05) is 12.5 Å². The van der Waals surface area contributed by atoms with Crippen molar-refractivity contribution >= 4 is 29.3 Å². The summed E-state index contributed by atoms with van der Waals surface area (Å²) in [7, 11) is 0. The maximum Gasteiger partial charge on any atom is 0.218 e. The summed E-state index contributed by atoms with van der Waals surface area (Å²) >= 11 is 3.99. The Morgan fingerprint density at radius 2 is 1.84 bits per heavy atom. The van der Waals surface area contributed by atoms with E-state index in [-0.39, 0.29) is 29.8 Å². The molecule has 0 aromatic carbocycles. The van der Waals surface area contributed by atoms with Gasteiger partial charge in [0.05, 0.1) is 11.8 Å². The van der Waals surface area contributed by atoms with Crippen molar-refractivity contribution in [3.8, 4) is 0 Å². The molecule has 25 heavy (non-hydrogen) atoms. The fourth-order valence-electron chi connectivity index (χ4n) is 6.79. The third-order valence-electron chi connectivity index (χ3n) is 8.35. The molecular weight excluding hydrogens is 336 g/mol. The van der Waals surface area contributed by atoms with Gasteiger partial charge in [0.25, 0.3) is 0 Å². The topological polar surface area (TPSA) is 71.4 Å². The Balaban J connectivity index is 1.74. The molecule has 4 nitrogen and oxygen atoms in total. The van der Waals surface area contributed by atoms with Crippen LogP contribution in [0, 0.1) is 28.6 Å². The lowest BCUT2D eigenvalue weighted by molar-refractivity contribution is -0.157. The van der Waals surface area contributed by atoms with Gasteiger partial charge in [-0.05, 0) is 69.3 Å². The average molecular weight is 362 g/mol. The molecule has 0 radical (unpaired) electrons. The average Bonchev–Trinajstić information content (AvgIpc) is 2.82. The zero-order valence-electron chi connectivity index (χ0n) is 14.9. The quantitative estimate of drug-likeness (QED) is 0.556. The molecular formula is C20H26O4S. The van der Waals surface area contributed by atoms with E-state index in [4.69, 9.17) is 0 Å². The van der Waals surface area contributed by atoms with Gasteiger partial charge in [-0.3, -0.25) is 14.4 Å². The lowest BCUT2D eigenvalue weighted by Crippen LogP contribution is -2.58. The first-order valence-corrected chi connectivity index (χ1v) is 9.82. The third kappa shape index (κ3) is 2.03. The van der Waals surface area contributed by atoms with E-state index < -0.39 is 21.5 Å². The first-order chi connectivity index (χ1) is 11.6. The summed E-state index contributed by atoms with van der Waals surface area (Å²) in [5, 5.41) is 10.6. The number of rotatable bonds is 1. The Morgan fingerprint density at radius 3 is 2.52 bits per heavy atom. The SMILES string of the molecule is C[C@]12C(=O)CC(=O)C=C1CC[C@@H]1[C@@H]2CC[C@@]2(C)[C@H]1CCC2(O)C(=O)S. The largest absolute Gasteiger partial charge is 0.381 e. The molecule has 5 heteroatoms. The van der Waals surface area contributed by atoms with Crippen LogP contribution >= 0.6 is 12.6 Å². The minimum Gasteiger partial charge on any atom is -0.381 e. The lowest BCUT2D eigenvalue weighted by atomic mass is 9.46. The smallest absolute Gasteiger partial charge is 0.218 e. The molecule has 4 aliphatic carbocycles. The van der Waals surface area contributed by atoms with E-state index in [1.54, 1.807) is 6.08 Å². The molecule has 1 N–H and O–H groups in total. The Morgan fingerprint density at radius 1 is 1.16 bits per heavy atom. The second kappa shape index (κ2) is 5.29. The lowest BCUT2D eigenvalue weighted by Gasteiger charge is -2.57. The van der Waals surface area contributed by atoms with Gasteiger partial charge in [0.15, 0.2) is 11.6 Å². The van der Waals surface area contributed by atoms with Crippen molar-refractivity contribution in [3.05, 3.63) is 11.6 Å². The van der Waals surface area contributed by atoms with E-state index in [2.05, 4.69) is 12.6 Å². The number of aliphatic hydroxyl groups is 1. The predicted molar refractivity (Wildman–Crippen MR) is 96.0 cm³/mol. The van der Waals surface area contributed by atoms with Crippen molar-refractivity contribution in [2.45, 2.75) is 64.4 Å². The maximum atomic E-state index is 12.8. The minimum atomic E-state index is -1.35. The van der Waals surface area contributed by atoms with Crippen molar-refractivity contribution in [2.75, 3.05) is 0 Å². The number of fused-ring (bicyclic) bond motifs is 5. The van der Waals surface area contributed by atoms with Crippen LogP contribution in [0.15, 0.2) is 11.6 Å². The van der Waals surface area contributed by atoms with E-state index >= 15 is 0 Å². The van der Waals surface area contributed by atoms with Crippen molar-refractivity contribution in [3.63, 3.8) is 0 Å². The zero-order valence-corrected chi connectivity index (χ0v) is 15.8. The zero-order chi connectivity index (χ0) is 18.2. The number of allylic oxidation sites excluding steroid dienone is 1. The highest BCUT2D eigenvalue weighted by Crippen LogP contribution is 2.67. The van der Waals surface area contributed by atoms with Crippen LogP contribution in [-0.2, 0) is 14.4 Å². The highest BCUT2D eigenvalue weighted by atomic mass is 32.1. The van der Waals surface area contributed by atoms with Gasteiger partial charge in [0.1, 0.15) is 5.60 Å². The van der Waals surface area contributed by atoms with Gasteiger partial charge >= 0.3 is 0 Å². The van der Waals surface area contributed by atoms with Crippen LogP contribution in [0.2, 0.25) is 0 Å². The molecule has 6 atom stereocenters. The highest BCUT2D eigenvalue weighted by molar-refractivity contribution is 7.96. The Kier molecular flexibility index (Phi) is 3.70. The molecule has 0 spiro atoms. The van der Waals surface area contributed by atoms with Gasteiger partial charge in [0, 0.05) is 5.41 Å². The first kappa shape index (κ1) is 17.5. The summed E-state index contributed by atoms with van der Waals surface area (Å²) in [5.41, 5.74) is -1.34. The fraction of sp³-hybridized carbons (Fsp3) is 0.750. The molecule has 0 amide bonds. The molecule has 3 saturated carbocycles. The molecule has 0 bridgehead atoms. The van der Waals surface area contributed by atoms with Gasteiger partial charge in [-0.2, -0.15) is 0 Å². The molecule has 3 fully saturated rings. The Bertz CT molecular complexity index is 712. The third-order valence-corrected chi connectivity index (χ3v) is 8.72. The Hall–Kier alpha value is -0.940. The summed E-state index contributed by atoms with van der Waals surface area (Å²) in [6, 6.07) is 0. The second-order valence-electron chi connectivity index (χ2n) is 9.01. The summed E-state index contributed by atoms with van der Waals surface area (Å²) in [5.74, 6) is 0.763. The molecule has 0 aromatic rings. The van der Waals surface area contributed by atoms with Crippen LogP contribution in [0.3, 0.4) is 0 Å². The van der Waals surface area contributed by atoms with Crippen LogP contribution < -0.4 is 0 Å². The van der Waals surface area contributed by atoms with E-state index in [1.807, 2.05) is 13.8 Å². The standard InChI is InChI=1S/C20H26O4S/c1-18-7-5-15-13(14(18)6-8-20(18,24)17(23)25)4-3-11-9-12(21)10-16(22)19(11,15)2/h9,13-15,24H,3-8,10H2,1-2H3,(H,23,25)/t13-,14-,15-,18-,19-,20?/m0/s1. The Labute approximate surface area is 153 Å². The molecule has 0 aromatic heterocycles. The van der Waals surface area contributed by atoms with Crippen molar-refractivity contribution in [2.24, 2.45) is 28.6 Å². The number of ketones is 2. The van der Waals surface area contributed by atoms with Crippen LogP contribution in [-0.4, -0.2) is 27.4 Å². The monoisotopic (exact) mass is 362 g/mol. The summed E-state index contributed by atoms with van der Waals surface area (Å²) in [4.78, 5) is 36.8. The molecule has 4 rings (SSSR count). The van der Waals surface area contributed by atoms with Crippen molar-refractivity contribution < 1.29 is 19.5 Å². The van der Waals surface area contributed by atoms with E-state index in [0.29, 0.717) is 12.3 Å². The van der Waals surface area contributed by atoms with Gasteiger partial charge in [-0.15, -0.1) is 12.6 Å². The predicted octanol–water partition coefficient (Wildman–Crippen LogP) is 2.88. The number of carbonyl (C=O) groups is 3. The van der Waals surface area contributed by atoms with Gasteiger partial charge < -0.3 is 5.11 Å². The van der Waals surface area contributed by atoms with E-state index in [9.17, 15) is 19.5 Å². The highest BCUT2D eigenvalue weighted by Gasteiger charge is 2.66. The first-order valence-electron chi connectivity index (χ1n) is 9.37. The number of hydrogen-bond donors (Lipinski definition) is 2. The fourth-order valence-corrected chi connectivity index (χ4v) is 7.16. The molecule has 0 saturated heterocycles. The van der Waals surface area contributed by atoms with Crippen LogP contribution in [0.4, 0.5) is 0 Å². The second-order valence-corrected chi connectivity index (χ2v) is 9.42. The van der Waals surface area contributed by atoms with Crippen LogP contribution in [0.25, 0.3) is 0 Å². The molecule has 4 aliphatic rings. The molecule has 0 aliphatic heterocycles. The maximum absolute atomic E-state index is 12.8. The molecule has 0 heterocycles. The summed E-state index contributed by atoms with van der Waals surface area (Å²) < 4.78 is 0. The van der Waals surface area contributed by atoms with E-state index in [1.165, 1.54) is 0 Å². The summed E-state index contributed by atoms with van der Waals surface area (Å²) in [6.07, 6.45) is 6.26. The molecule has 1 unspecified atom stereocenters. The van der Waals surface area contributed by atoms with Crippen LogP contribution in [0.5, 0.6) is 0 Å². The summed E-state index contributed by atoms with van der Waals surface area (Å²) in [6.45, 7) is 4.06. The number of Topliss-reactive ketones (excluding diaryl/α,β-unsaturated/α-hetero) is 1. The number of thiol groups is 1. The number of carbonyl (C=O) groups excluding carboxylic acids is 3. The normalized spacial score (nSPS) is 49.1. The van der Waals surface area contributed by atoms with Gasteiger partial charge in [-0.25, -0.2) is 0 Å². The van der Waals surface area contributed by atoms with Crippen LogP contribution in [0.1, 0.15) is 58.8 Å².